The third-order valence-electron chi connectivity index (χ3n) is 5.60. The van der Waals surface area contributed by atoms with Crippen molar-refractivity contribution >= 4 is 35.1 Å². The van der Waals surface area contributed by atoms with Crippen LogP contribution in [0.4, 0.5) is 5.82 Å². The molecular formula is C22H26N4O4S. The van der Waals surface area contributed by atoms with Crippen LogP contribution < -0.4 is 9.64 Å². The summed E-state index contributed by atoms with van der Waals surface area (Å²) in [5, 5.41) is 4.38. The number of nitrogens with zero attached hydrogens (tertiary/aromatic N) is 4. The van der Waals surface area contributed by atoms with Crippen molar-refractivity contribution in [2.45, 2.75) is 19.4 Å². The quantitative estimate of drug-likeness (QED) is 0.632. The second-order valence-electron chi connectivity index (χ2n) is 7.68. The summed E-state index contributed by atoms with van der Waals surface area (Å²) >= 11 is 1.86. The minimum absolute atomic E-state index is 0.0493. The number of amides is 1. The topological polar surface area (TPSA) is 84.7 Å². The number of carbonyl (C=O) groups excluding carboxylic acids is 3. The van der Waals surface area contributed by atoms with Crippen molar-refractivity contribution in [3.63, 3.8) is 0 Å². The van der Waals surface area contributed by atoms with Gasteiger partial charge < -0.3 is 4.74 Å². The van der Waals surface area contributed by atoms with Crippen molar-refractivity contribution in [1.29, 1.82) is 0 Å². The van der Waals surface area contributed by atoms with Gasteiger partial charge in [0.1, 0.15) is 11.6 Å². The molecule has 1 fully saturated rings. The fourth-order valence-corrected chi connectivity index (χ4v) is 4.88. The van der Waals surface area contributed by atoms with E-state index in [1.807, 2.05) is 40.9 Å². The molecule has 4 rings (SSSR count). The smallest absolute Gasteiger partial charge is 0.296 e. The summed E-state index contributed by atoms with van der Waals surface area (Å²) in [6, 6.07) is 7.53. The van der Waals surface area contributed by atoms with Crippen LogP contribution in [0.1, 0.15) is 28.8 Å². The minimum Gasteiger partial charge on any atom is -0.497 e. The third-order valence-corrected chi connectivity index (χ3v) is 6.54. The van der Waals surface area contributed by atoms with Crippen LogP contribution in [0, 0.1) is 0 Å². The molecule has 3 heterocycles. The van der Waals surface area contributed by atoms with Gasteiger partial charge in [-0.1, -0.05) is 12.1 Å². The molecule has 1 amide bonds. The number of hydrogen-bond donors (Lipinski definition) is 0. The highest BCUT2D eigenvalue weighted by Gasteiger charge is 2.33. The summed E-state index contributed by atoms with van der Waals surface area (Å²) in [7, 11) is 1.61. The maximum absolute atomic E-state index is 13.2. The predicted octanol–water partition coefficient (Wildman–Crippen LogP) is 1.87. The molecule has 2 aromatic rings. The minimum atomic E-state index is -0.564. The first-order valence-corrected chi connectivity index (χ1v) is 11.6. The van der Waals surface area contributed by atoms with Crippen LogP contribution in [0.3, 0.4) is 0 Å². The molecule has 2 aliphatic heterocycles. The normalized spacial score (nSPS) is 17.2. The molecule has 2 aliphatic rings. The Bertz CT molecular complexity index is 966. The lowest BCUT2D eigenvalue weighted by Gasteiger charge is -2.27. The highest BCUT2D eigenvalue weighted by molar-refractivity contribution is 7.99. The third kappa shape index (κ3) is 4.83. The zero-order chi connectivity index (χ0) is 21.8. The molecule has 164 valence electrons. The molecule has 0 saturated carbocycles. The predicted molar refractivity (Wildman–Crippen MR) is 119 cm³/mol. The lowest BCUT2D eigenvalue weighted by molar-refractivity contribution is -0.137. The molecule has 8 nitrogen and oxygen atoms in total. The number of hydrogen-bond acceptors (Lipinski definition) is 7. The van der Waals surface area contributed by atoms with Gasteiger partial charge in [-0.25, -0.2) is 4.68 Å². The molecule has 0 radical (unpaired) electrons. The monoisotopic (exact) mass is 442 g/mol. The number of carbonyl (C=O) groups is 3. The van der Waals surface area contributed by atoms with Gasteiger partial charge in [0.25, 0.3) is 5.91 Å². The van der Waals surface area contributed by atoms with Crippen molar-refractivity contribution in [3.8, 4) is 5.75 Å². The van der Waals surface area contributed by atoms with E-state index in [1.54, 1.807) is 11.8 Å². The average Bonchev–Trinajstić information content (AvgIpc) is 3.12. The van der Waals surface area contributed by atoms with Gasteiger partial charge in [0, 0.05) is 37.6 Å². The highest BCUT2D eigenvalue weighted by Crippen LogP contribution is 2.28. The number of ether oxygens (including phenoxy) is 1. The number of anilines is 1. The zero-order valence-corrected chi connectivity index (χ0v) is 18.4. The zero-order valence-electron chi connectivity index (χ0n) is 17.6. The number of benzene rings is 1. The Labute approximate surface area is 185 Å². The fourth-order valence-electron chi connectivity index (χ4n) is 3.90. The Hall–Kier alpha value is -2.65. The van der Waals surface area contributed by atoms with E-state index in [2.05, 4.69) is 5.10 Å². The number of Topliss-reactive ketones (excluding diaryl/α,β-unsaturated/α-hetero) is 2. The van der Waals surface area contributed by atoms with Gasteiger partial charge in [-0.05, 0) is 24.1 Å². The second kappa shape index (κ2) is 9.65. The van der Waals surface area contributed by atoms with Crippen molar-refractivity contribution in [3.05, 3.63) is 41.6 Å². The summed E-state index contributed by atoms with van der Waals surface area (Å²) in [6.45, 7) is 2.44. The molecule has 1 saturated heterocycles. The Balaban J connectivity index is 1.58. The van der Waals surface area contributed by atoms with Crippen LogP contribution >= 0.6 is 11.8 Å². The summed E-state index contributed by atoms with van der Waals surface area (Å²) in [4.78, 5) is 42.0. The van der Waals surface area contributed by atoms with E-state index in [9.17, 15) is 14.4 Å². The molecule has 9 heteroatoms. The van der Waals surface area contributed by atoms with Crippen LogP contribution in [-0.2, 0) is 16.1 Å². The van der Waals surface area contributed by atoms with Crippen LogP contribution in [0.25, 0.3) is 0 Å². The number of methoxy groups -OCH3 is 1. The average molecular weight is 443 g/mol. The van der Waals surface area contributed by atoms with E-state index in [0.29, 0.717) is 37.3 Å². The number of rotatable bonds is 6. The van der Waals surface area contributed by atoms with Gasteiger partial charge in [0.2, 0.25) is 5.78 Å². The summed E-state index contributed by atoms with van der Waals surface area (Å²) in [6.07, 6.45) is 2.37. The maximum Gasteiger partial charge on any atom is 0.296 e. The SMILES string of the molecule is COc1ccc(Cn2ncc3c2N(C(=O)C(=O)CN2CCSCC2)CCCC3=O)cc1. The highest BCUT2D eigenvalue weighted by atomic mass is 32.2. The lowest BCUT2D eigenvalue weighted by atomic mass is 10.1. The largest absolute Gasteiger partial charge is 0.497 e. The lowest BCUT2D eigenvalue weighted by Crippen LogP contribution is -2.45. The molecule has 0 N–H and O–H groups in total. The van der Waals surface area contributed by atoms with Crippen molar-refractivity contribution < 1.29 is 19.1 Å². The van der Waals surface area contributed by atoms with Crippen LogP contribution in [0.2, 0.25) is 0 Å². The molecule has 0 bridgehead atoms. The Kier molecular flexibility index (Phi) is 6.72. The van der Waals surface area contributed by atoms with Crippen LogP contribution in [0.5, 0.6) is 5.75 Å². The van der Waals surface area contributed by atoms with E-state index < -0.39 is 11.7 Å². The second-order valence-corrected chi connectivity index (χ2v) is 8.91. The van der Waals surface area contributed by atoms with Gasteiger partial charge >= 0.3 is 0 Å². The van der Waals surface area contributed by atoms with E-state index in [-0.39, 0.29) is 12.3 Å². The number of aromatic nitrogens is 2. The standard InChI is InChI=1S/C22H26N4O4S/c1-30-17-6-4-16(5-7-17)14-26-21-18(13-23-26)19(27)3-2-8-25(21)22(29)20(28)15-24-9-11-31-12-10-24/h4-7,13H,2-3,8-12,14-15H2,1H3. The Morgan fingerprint density at radius 2 is 1.87 bits per heavy atom. The van der Waals surface area contributed by atoms with Gasteiger partial charge in [-0.2, -0.15) is 16.9 Å². The van der Waals surface area contributed by atoms with Crippen LogP contribution in [0.15, 0.2) is 30.5 Å². The summed E-state index contributed by atoms with van der Waals surface area (Å²) in [5.41, 5.74) is 1.36. The molecule has 0 spiro atoms. The molecular weight excluding hydrogens is 416 g/mol. The Morgan fingerprint density at radius 3 is 2.58 bits per heavy atom. The van der Waals surface area contributed by atoms with Gasteiger partial charge in [0.15, 0.2) is 5.78 Å². The van der Waals surface area contributed by atoms with E-state index >= 15 is 0 Å². The van der Waals surface area contributed by atoms with E-state index in [0.717, 1.165) is 35.9 Å². The van der Waals surface area contributed by atoms with Gasteiger partial charge in [-0.15, -0.1) is 0 Å². The molecule has 31 heavy (non-hydrogen) atoms. The van der Waals surface area contributed by atoms with E-state index in [4.69, 9.17) is 4.74 Å². The molecule has 1 aromatic heterocycles. The van der Waals surface area contributed by atoms with Crippen molar-refractivity contribution in [2.75, 3.05) is 49.7 Å². The number of thioether (sulfide) groups is 1. The number of fused-ring (bicyclic) bond motifs is 1. The number of ketones is 2. The molecule has 0 unspecified atom stereocenters. The summed E-state index contributed by atoms with van der Waals surface area (Å²) < 4.78 is 6.84. The molecule has 0 aliphatic carbocycles. The first kappa shape index (κ1) is 21.6. The maximum atomic E-state index is 13.2. The van der Waals surface area contributed by atoms with Crippen molar-refractivity contribution in [2.24, 2.45) is 0 Å². The molecule has 0 atom stereocenters. The van der Waals surface area contributed by atoms with Gasteiger partial charge in [0.05, 0.1) is 32.0 Å². The Morgan fingerprint density at radius 1 is 1.13 bits per heavy atom. The summed E-state index contributed by atoms with van der Waals surface area (Å²) in [5.74, 6) is 2.06. The van der Waals surface area contributed by atoms with Gasteiger partial charge in [-0.3, -0.25) is 24.2 Å². The first-order valence-electron chi connectivity index (χ1n) is 10.4. The van der Waals surface area contributed by atoms with Crippen LogP contribution in [-0.4, -0.2) is 76.9 Å². The van der Waals surface area contributed by atoms with Crippen molar-refractivity contribution in [1.82, 2.24) is 14.7 Å². The molecule has 1 aromatic carbocycles. The first-order chi connectivity index (χ1) is 15.1. The van der Waals surface area contributed by atoms with E-state index in [1.165, 1.54) is 11.1 Å². The fraction of sp³-hybridized carbons (Fsp3) is 0.455.